The highest BCUT2D eigenvalue weighted by Gasteiger charge is 2.44. The van der Waals surface area contributed by atoms with Crippen LogP contribution in [0.1, 0.15) is 43.2 Å². The van der Waals surface area contributed by atoms with Gasteiger partial charge in [0.15, 0.2) is 0 Å². The third-order valence-corrected chi connectivity index (χ3v) is 8.96. The van der Waals surface area contributed by atoms with E-state index in [1.165, 1.54) is 19.2 Å². The van der Waals surface area contributed by atoms with Gasteiger partial charge in [0, 0.05) is 35.8 Å². The van der Waals surface area contributed by atoms with Crippen molar-refractivity contribution in [1.29, 1.82) is 0 Å². The lowest BCUT2D eigenvalue weighted by Gasteiger charge is -2.40. The molecule has 2 aliphatic rings. The van der Waals surface area contributed by atoms with Crippen LogP contribution in [0.3, 0.4) is 0 Å². The van der Waals surface area contributed by atoms with Crippen LogP contribution in [0.25, 0.3) is 10.4 Å². The molecule has 2 aromatic carbocycles. The molecule has 2 atom stereocenters. The van der Waals surface area contributed by atoms with Crippen LogP contribution in [-0.2, 0) is 29.3 Å². The molecule has 2 aliphatic heterocycles. The van der Waals surface area contributed by atoms with E-state index in [0.717, 1.165) is 12.0 Å². The fourth-order valence-electron chi connectivity index (χ4n) is 6.55. The molecule has 254 valence electrons. The first kappa shape index (κ1) is 35.7. The van der Waals surface area contributed by atoms with E-state index in [1.54, 1.807) is 24.0 Å². The van der Waals surface area contributed by atoms with Gasteiger partial charge < -0.3 is 24.6 Å². The molecule has 0 aliphatic carbocycles. The van der Waals surface area contributed by atoms with Crippen LogP contribution >= 0.6 is 0 Å². The second-order valence-corrected chi connectivity index (χ2v) is 11.6. The zero-order chi connectivity index (χ0) is 34.5. The summed E-state index contributed by atoms with van der Waals surface area (Å²) in [4.78, 5) is 59.6. The van der Waals surface area contributed by atoms with Gasteiger partial charge in [-0.1, -0.05) is 47.6 Å². The maximum absolute atomic E-state index is 13.0. The van der Waals surface area contributed by atoms with Gasteiger partial charge in [0.25, 0.3) is 5.69 Å². The Hall–Kier alpha value is -5.11. The monoisotopic (exact) mass is 660 g/mol. The van der Waals surface area contributed by atoms with Gasteiger partial charge in [-0.15, -0.1) is 0 Å². The second-order valence-electron chi connectivity index (χ2n) is 11.6. The summed E-state index contributed by atoms with van der Waals surface area (Å²) >= 11 is 0. The van der Waals surface area contributed by atoms with E-state index < -0.39 is 22.3 Å². The van der Waals surface area contributed by atoms with Gasteiger partial charge in [-0.25, -0.2) is 0 Å². The number of azide groups is 1. The van der Waals surface area contributed by atoms with Crippen molar-refractivity contribution in [3.8, 4) is 0 Å². The second kappa shape index (κ2) is 17.2. The van der Waals surface area contributed by atoms with Crippen molar-refractivity contribution in [2.75, 3.05) is 53.0 Å². The van der Waals surface area contributed by atoms with E-state index in [2.05, 4.69) is 20.2 Å². The van der Waals surface area contributed by atoms with Crippen molar-refractivity contribution >= 4 is 30.2 Å². The lowest BCUT2D eigenvalue weighted by Crippen LogP contribution is -2.48. The van der Waals surface area contributed by atoms with Crippen molar-refractivity contribution in [2.45, 2.75) is 43.6 Å². The number of hydrogen-bond acceptors (Lipinski definition) is 10. The molecule has 0 spiro atoms. The number of aliphatic imine (C=N–C) groups is 1. The van der Waals surface area contributed by atoms with Crippen molar-refractivity contribution in [2.24, 2.45) is 10.1 Å². The number of likely N-dealkylation sites (tertiary alicyclic amines) is 1. The van der Waals surface area contributed by atoms with E-state index in [-0.39, 0.29) is 31.4 Å². The molecule has 48 heavy (non-hydrogen) atoms. The van der Waals surface area contributed by atoms with E-state index in [4.69, 9.17) is 20.0 Å². The quantitative estimate of drug-likeness (QED) is 0.0386. The average molecular weight is 661 g/mol. The number of piperidine rings is 1. The standard InChI is InChI=1S/C33H40N8O7/c1-24-30(35-22-42)29(25-9-11-27(12-10-25)41(45)46)31(28(37-24)21-48-20-15-36-38-34)40(23-43)17-6-16-39-18-13-33(14-19-39,32(44)47-2)26-7-4-3-5-8-26/h3-5,7-12,22-23,29-30H,6,13-21H2,1-2H3,(H,35,42). The number of carbonyl (C=O) groups is 3. The predicted octanol–water partition coefficient (Wildman–Crippen LogP) is 3.86. The lowest BCUT2D eigenvalue weighted by atomic mass is 9.72. The van der Waals surface area contributed by atoms with Crippen LogP contribution in [0.4, 0.5) is 5.69 Å². The molecule has 2 amide bonds. The molecule has 0 aromatic heterocycles. The number of esters is 1. The number of benzene rings is 2. The highest BCUT2D eigenvalue weighted by atomic mass is 16.6. The zero-order valence-corrected chi connectivity index (χ0v) is 27.1. The number of nitrogens with one attached hydrogen (secondary N) is 1. The zero-order valence-electron chi connectivity index (χ0n) is 27.1. The Kier molecular flexibility index (Phi) is 12.8. The third kappa shape index (κ3) is 8.23. The molecule has 0 bridgehead atoms. The topological polar surface area (TPSA) is 192 Å². The van der Waals surface area contributed by atoms with Crippen LogP contribution in [0.2, 0.25) is 0 Å². The molecule has 2 unspecified atom stereocenters. The number of nitrogens with zero attached hydrogens (tertiary/aromatic N) is 7. The molecule has 4 rings (SSSR count). The van der Waals surface area contributed by atoms with Crippen LogP contribution in [0, 0.1) is 10.1 Å². The number of amides is 2. The normalized spacial score (nSPS) is 19.0. The van der Waals surface area contributed by atoms with Crippen molar-refractivity contribution in [3.63, 3.8) is 0 Å². The Bertz CT molecular complexity index is 1550. The Balaban J connectivity index is 1.57. The van der Waals surface area contributed by atoms with E-state index >= 15 is 0 Å². The number of ether oxygens (including phenoxy) is 2. The first-order valence-corrected chi connectivity index (χ1v) is 15.7. The number of nitro benzene ring substituents is 1. The molecule has 1 fully saturated rings. The van der Waals surface area contributed by atoms with Crippen LogP contribution < -0.4 is 5.32 Å². The van der Waals surface area contributed by atoms with Gasteiger partial charge in [0.2, 0.25) is 12.8 Å². The van der Waals surface area contributed by atoms with Gasteiger partial charge >= 0.3 is 5.97 Å². The molecule has 2 heterocycles. The largest absolute Gasteiger partial charge is 0.468 e. The van der Waals surface area contributed by atoms with E-state index in [1.807, 2.05) is 30.3 Å². The minimum Gasteiger partial charge on any atom is -0.468 e. The third-order valence-electron chi connectivity index (χ3n) is 8.96. The molecule has 15 nitrogen and oxygen atoms in total. The average Bonchev–Trinajstić information content (AvgIpc) is 3.11. The summed E-state index contributed by atoms with van der Waals surface area (Å²) in [6.45, 7) is 4.28. The fraction of sp³-hybridized carbons (Fsp3) is 0.455. The molecular weight excluding hydrogens is 620 g/mol. The van der Waals surface area contributed by atoms with E-state index in [0.29, 0.717) is 74.5 Å². The number of hydrogen-bond donors (Lipinski definition) is 1. The molecule has 0 saturated carbocycles. The summed E-state index contributed by atoms with van der Waals surface area (Å²) in [7, 11) is 1.41. The summed E-state index contributed by atoms with van der Waals surface area (Å²) in [5.41, 5.74) is 10.9. The van der Waals surface area contributed by atoms with Gasteiger partial charge in [-0.3, -0.25) is 29.5 Å². The number of rotatable bonds is 17. The lowest BCUT2D eigenvalue weighted by molar-refractivity contribution is -0.384. The Labute approximate surface area is 278 Å². The SMILES string of the molecule is COC(=O)C1(c2ccccc2)CCN(CCCN(C=O)C2=C(COCCN=[N+]=[N-])N=C(C)C(NC=O)C2c2ccc([N+](=O)[O-])cc2)CC1. The molecular formula is C33H40N8O7. The highest BCUT2D eigenvalue weighted by Crippen LogP contribution is 2.39. The summed E-state index contributed by atoms with van der Waals surface area (Å²) in [6.07, 6.45) is 3.06. The summed E-state index contributed by atoms with van der Waals surface area (Å²) in [5.74, 6) is -0.860. The van der Waals surface area contributed by atoms with Crippen LogP contribution in [0.5, 0.6) is 0 Å². The number of carbonyl (C=O) groups excluding carboxylic acids is 3. The van der Waals surface area contributed by atoms with E-state index in [9.17, 15) is 24.5 Å². The maximum atomic E-state index is 13.0. The van der Waals surface area contributed by atoms with Gasteiger partial charge in [-0.2, -0.15) is 0 Å². The predicted molar refractivity (Wildman–Crippen MR) is 177 cm³/mol. The van der Waals surface area contributed by atoms with Crippen molar-refractivity contribution in [3.05, 3.63) is 97.7 Å². The summed E-state index contributed by atoms with van der Waals surface area (Å²) in [5, 5.41) is 17.7. The summed E-state index contributed by atoms with van der Waals surface area (Å²) in [6, 6.07) is 15.0. The number of non-ortho nitro benzene ring substituents is 1. The van der Waals surface area contributed by atoms with Crippen molar-refractivity contribution < 1.29 is 28.8 Å². The molecule has 0 radical (unpaired) electrons. The molecule has 1 N–H and O–H groups in total. The molecule has 2 aromatic rings. The fourth-order valence-corrected chi connectivity index (χ4v) is 6.55. The Morgan fingerprint density at radius 3 is 2.52 bits per heavy atom. The van der Waals surface area contributed by atoms with Gasteiger partial charge in [0.1, 0.15) is 0 Å². The first-order chi connectivity index (χ1) is 23.3. The molecule has 15 heteroatoms. The minimum atomic E-state index is -0.712. The summed E-state index contributed by atoms with van der Waals surface area (Å²) < 4.78 is 11.0. The van der Waals surface area contributed by atoms with Crippen molar-refractivity contribution in [1.82, 2.24) is 15.1 Å². The van der Waals surface area contributed by atoms with Crippen LogP contribution in [0.15, 0.2) is 76.1 Å². The number of methoxy groups -OCH3 is 1. The smallest absolute Gasteiger partial charge is 0.316 e. The van der Waals surface area contributed by atoms with Gasteiger partial charge in [0.05, 0.1) is 54.0 Å². The van der Waals surface area contributed by atoms with Crippen LogP contribution in [-0.4, -0.2) is 98.3 Å². The molecule has 1 saturated heterocycles. The Morgan fingerprint density at radius 1 is 1.21 bits per heavy atom. The maximum Gasteiger partial charge on any atom is 0.316 e. The highest BCUT2D eigenvalue weighted by molar-refractivity contribution is 5.92. The first-order valence-electron chi connectivity index (χ1n) is 15.7. The van der Waals surface area contributed by atoms with Gasteiger partial charge in [-0.05, 0) is 62.5 Å². The minimum absolute atomic E-state index is 0.00350. The number of nitro groups is 1. The Morgan fingerprint density at radius 2 is 1.92 bits per heavy atom.